The number of amides is 1. The Hall–Kier alpha value is -3.74. The lowest BCUT2D eigenvalue weighted by molar-refractivity contribution is 0.0775. The summed E-state index contributed by atoms with van der Waals surface area (Å²) in [5, 5.41) is 5.01. The van der Waals surface area contributed by atoms with Gasteiger partial charge in [0.15, 0.2) is 11.5 Å². The molecule has 0 saturated heterocycles. The molecule has 0 spiro atoms. The first kappa shape index (κ1) is 20.5. The number of hydrogen-bond acceptors (Lipinski definition) is 6. The van der Waals surface area contributed by atoms with Crippen molar-refractivity contribution in [3.05, 3.63) is 65.5 Å². The number of fused-ring (bicyclic) bond motifs is 1. The molecule has 2 heterocycles. The SMILES string of the molecule is CCc1oc2ccccc2c1CN(C)C(=O)c1cc(-c2cc(OC)ccc2OC)on1. The summed E-state index contributed by atoms with van der Waals surface area (Å²) in [4.78, 5) is 14.7. The van der Waals surface area contributed by atoms with Crippen LogP contribution < -0.4 is 9.47 Å². The first-order valence-corrected chi connectivity index (χ1v) is 9.99. The lowest BCUT2D eigenvalue weighted by Gasteiger charge is -2.15. The fourth-order valence-electron chi connectivity index (χ4n) is 3.62. The minimum Gasteiger partial charge on any atom is -0.497 e. The zero-order valence-electron chi connectivity index (χ0n) is 18.0. The number of carbonyl (C=O) groups is 1. The van der Waals surface area contributed by atoms with Crippen molar-refractivity contribution in [2.24, 2.45) is 0 Å². The van der Waals surface area contributed by atoms with E-state index in [1.165, 1.54) is 0 Å². The Morgan fingerprint density at radius 2 is 1.90 bits per heavy atom. The zero-order chi connectivity index (χ0) is 22.0. The number of nitrogens with zero attached hydrogens (tertiary/aromatic N) is 2. The molecule has 0 atom stereocenters. The number of rotatable bonds is 7. The number of carbonyl (C=O) groups excluding carboxylic acids is 1. The summed E-state index contributed by atoms with van der Waals surface area (Å²) >= 11 is 0. The highest BCUT2D eigenvalue weighted by Gasteiger charge is 2.22. The zero-order valence-corrected chi connectivity index (χ0v) is 18.0. The second kappa shape index (κ2) is 8.55. The van der Waals surface area contributed by atoms with E-state index in [0.717, 1.165) is 28.7 Å². The summed E-state index contributed by atoms with van der Waals surface area (Å²) in [6.45, 7) is 2.44. The van der Waals surface area contributed by atoms with Crippen LogP contribution >= 0.6 is 0 Å². The van der Waals surface area contributed by atoms with Gasteiger partial charge in [0.2, 0.25) is 0 Å². The maximum atomic E-state index is 13.0. The smallest absolute Gasteiger partial charge is 0.276 e. The second-order valence-electron chi connectivity index (χ2n) is 7.16. The monoisotopic (exact) mass is 420 g/mol. The Kier molecular flexibility index (Phi) is 5.66. The minimum absolute atomic E-state index is 0.216. The van der Waals surface area contributed by atoms with E-state index in [4.69, 9.17) is 18.4 Å². The van der Waals surface area contributed by atoms with Crippen LogP contribution in [-0.2, 0) is 13.0 Å². The highest BCUT2D eigenvalue weighted by molar-refractivity contribution is 5.93. The molecule has 2 aromatic carbocycles. The van der Waals surface area contributed by atoms with Gasteiger partial charge in [0.05, 0.1) is 19.8 Å². The summed E-state index contributed by atoms with van der Waals surface area (Å²) in [6.07, 6.45) is 0.746. The number of ether oxygens (including phenoxy) is 2. The fourth-order valence-corrected chi connectivity index (χ4v) is 3.62. The average Bonchev–Trinajstić information content (AvgIpc) is 3.43. The van der Waals surface area contributed by atoms with E-state index in [9.17, 15) is 4.79 Å². The number of aromatic nitrogens is 1. The molecular weight excluding hydrogens is 396 g/mol. The third-order valence-corrected chi connectivity index (χ3v) is 5.25. The van der Waals surface area contributed by atoms with Gasteiger partial charge in [0.25, 0.3) is 5.91 Å². The molecule has 0 aliphatic carbocycles. The Labute approximate surface area is 180 Å². The van der Waals surface area contributed by atoms with E-state index in [1.807, 2.05) is 31.2 Å². The molecule has 31 heavy (non-hydrogen) atoms. The van der Waals surface area contributed by atoms with Gasteiger partial charge in [-0.05, 0) is 24.3 Å². The van der Waals surface area contributed by atoms with Gasteiger partial charge in [-0.1, -0.05) is 30.3 Å². The predicted molar refractivity (Wildman–Crippen MR) is 116 cm³/mol. The largest absolute Gasteiger partial charge is 0.497 e. The number of hydrogen-bond donors (Lipinski definition) is 0. The molecule has 0 unspecified atom stereocenters. The first-order chi connectivity index (χ1) is 15.0. The Bertz CT molecular complexity index is 1220. The van der Waals surface area contributed by atoms with Gasteiger partial charge in [0.1, 0.15) is 22.8 Å². The Morgan fingerprint density at radius 3 is 2.65 bits per heavy atom. The van der Waals surface area contributed by atoms with Crippen molar-refractivity contribution >= 4 is 16.9 Å². The summed E-state index contributed by atoms with van der Waals surface area (Å²) in [5.74, 6) is 2.31. The van der Waals surface area contributed by atoms with Crippen molar-refractivity contribution in [1.82, 2.24) is 10.1 Å². The van der Waals surface area contributed by atoms with Gasteiger partial charge < -0.3 is 23.3 Å². The first-order valence-electron chi connectivity index (χ1n) is 9.99. The molecule has 0 aliphatic rings. The third-order valence-electron chi connectivity index (χ3n) is 5.25. The normalized spacial score (nSPS) is 11.0. The summed E-state index contributed by atoms with van der Waals surface area (Å²) in [6, 6.07) is 14.8. The van der Waals surface area contributed by atoms with Crippen LogP contribution in [0, 0.1) is 0 Å². The van der Waals surface area contributed by atoms with E-state index in [2.05, 4.69) is 5.16 Å². The van der Waals surface area contributed by atoms with Crippen molar-refractivity contribution in [2.45, 2.75) is 19.9 Å². The topological polar surface area (TPSA) is 77.9 Å². The molecule has 0 bridgehead atoms. The van der Waals surface area contributed by atoms with E-state index in [0.29, 0.717) is 29.4 Å². The van der Waals surface area contributed by atoms with Gasteiger partial charge in [-0.2, -0.15) is 0 Å². The Balaban J connectivity index is 1.60. The van der Waals surface area contributed by atoms with Gasteiger partial charge in [-0.3, -0.25) is 4.79 Å². The molecule has 1 amide bonds. The van der Waals surface area contributed by atoms with Crippen molar-refractivity contribution < 1.29 is 23.2 Å². The van der Waals surface area contributed by atoms with Crippen molar-refractivity contribution in [3.8, 4) is 22.8 Å². The van der Waals surface area contributed by atoms with Crippen molar-refractivity contribution in [2.75, 3.05) is 21.3 Å². The summed E-state index contributed by atoms with van der Waals surface area (Å²) in [5.41, 5.74) is 2.70. The van der Waals surface area contributed by atoms with Crippen LogP contribution in [-0.4, -0.2) is 37.2 Å². The molecule has 0 N–H and O–H groups in total. The molecule has 0 radical (unpaired) electrons. The lowest BCUT2D eigenvalue weighted by Crippen LogP contribution is -2.26. The number of para-hydroxylation sites is 1. The van der Waals surface area contributed by atoms with Crippen LogP contribution in [0.2, 0.25) is 0 Å². The molecular formula is C24H24N2O5. The molecule has 4 aromatic rings. The van der Waals surface area contributed by atoms with Crippen molar-refractivity contribution in [1.29, 1.82) is 0 Å². The Morgan fingerprint density at radius 1 is 1.10 bits per heavy atom. The van der Waals surface area contributed by atoms with E-state index >= 15 is 0 Å². The molecule has 7 heteroatoms. The van der Waals surface area contributed by atoms with E-state index in [-0.39, 0.29) is 11.6 Å². The summed E-state index contributed by atoms with van der Waals surface area (Å²) in [7, 11) is 4.89. The van der Waals surface area contributed by atoms with Crippen molar-refractivity contribution in [3.63, 3.8) is 0 Å². The van der Waals surface area contributed by atoms with Gasteiger partial charge in [-0.15, -0.1) is 0 Å². The maximum Gasteiger partial charge on any atom is 0.276 e. The lowest BCUT2D eigenvalue weighted by atomic mass is 10.1. The molecule has 2 aromatic heterocycles. The minimum atomic E-state index is -0.246. The quantitative estimate of drug-likeness (QED) is 0.421. The van der Waals surface area contributed by atoms with E-state index < -0.39 is 0 Å². The van der Waals surface area contributed by atoms with Crippen LogP contribution in [0.1, 0.15) is 28.7 Å². The van der Waals surface area contributed by atoms with Gasteiger partial charge in [-0.25, -0.2) is 0 Å². The highest BCUT2D eigenvalue weighted by Crippen LogP contribution is 2.34. The van der Waals surface area contributed by atoms with Gasteiger partial charge in [0, 0.05) is 37.0 Å². The average molecular weight is 420 g/mol. The van der Waals surface area contributed by atoms with Crippen LogP contribution in [0.4, 0.5) is 0 Å². The fraction of sp³-hybridized carbons (Fsp3) is 0.250. The maximum absolute atomic E-state index is 13.0. The molecule has 0 aliphatic heterocycles. The van der Waals surface area contributed by atoms with Gasteiger partial charge >= 0.3 is 0 Å². The molecule has 0 saturated carbocycles. The number of furan rings is 1. The number of benzene rings is 2. The summed E-state index contributed by atoms with van der Waals surface area (Å²) < 4.78 is 22.1. The molecule has 160 valence electrons. The van der Waals surface area contributed by atoms with Crippen LogP contribution in [0.5, 0.6) is 11.5 Å². The highest BCUT2D eigenvalue weighted by atomic mass is 16.5. The molecule has 7 nitrogen and oxygen atoms in total. The predicted octanol–water partition coefficient (Wildman–Crippen LogP) is 4.94. The van der Waals surface area contributed by atoms with Crippen LogP contribution in [0.15, 0.2) is 57.5 Å². The van der Waals surface area contributed by atoms with Crippen LogP contribution in [0.3, 0.4) is 0 Å². The number of methoxy groups -OCH3 is 2. The van der Waals surface area contributed by atoms with E-state index in [1.54, 1.807) is 50.4 Å². The van der Waals surface area contributed by atoms with Crippen LogP contribution in [0.25, 0.3) is 22.3 Å². The second-order valence-corrected chi connectivity index (χ2v) is 7.16. The molecule has 0 fully saturated rings. The molecule has 4 rings (SSSR count). The third kappa shape index (κ3) is 3.86. The standard InChI is InChI=1S/C24H24N2O5/c1-5-20-18(16-8-6-7-9-22(16)30-20)14-26(2)24(27)19-13-23(31-25-19)17-12-15(28-3)10-11-21(17)29-4/h6-13H,5,14H2,1-4H3. The number of aryl methyl sites for hydroxylation is 1.